The summed E-state index contributed by atoms with van der Waals surface area (Å²) < 4.78 is 0.982. The van der Waals surface area contributed by atoms with Crippen LogP contribution in [-0.4, -0.2) is 10.8 Å². The zero-order valence-corrected chi connectivity index (χ0v) is 17.6. The minimum atomic E-state index is -0.252. The van der Waals surface area contributed by atoms with Gasteiger partial charge in [-0.05, 0) is 75.1 Å². The molecule has 1 aromatic heterocycles. The Bertz CT molecular complexity index is 1440. The van der Waals surface area contributed by atoms with E-state index in [0.717, 1.165) is 49.0 Å². The van der Waals surface area contributed by atoms with E-state index in [-0.39, 0.29) is 12.1 Å². The van der Waals surface area contributed by atoms with Crippen LogP contribution in [0.5, 0.6) is 0 Å². The molecule has 2 unspecified atom stereocenters. The third kappa shape index (κ3) is 2.68. The molecule has 1 aliphatic heterocycles. The van der Waals surface area contributed by atoms with Crippen LogP contribution >= 0.6 is 15.9 Å². The second-order valence-electron chi connectivity index (χ2n) is 7.66. The molecule has 8 heteroatoms. The average molecular weight is 472 g/mol. The minimum absolute atomic E-state index is 0.182. The molecule has 7 nitrogen and oxygen atoms in total. The molecule has 2 heterocycles. The number of nitroso groups, excluding NO2 is 2. The maximum atomic E-state index is 11.2. The Morgan fingerprint density at radius 1 is 0.839 bits per heavy atom. The topological polar surface area (TPSA) is 99.0 Å². The number of rotatable bonds is 3. The third-order valence-corrected chi connectivity index (χ3v) is 6.49. The van der Waals surface area contributed by atoms with Crippen LogP contribution in [0.15, 0.2) is 80.6 Å². The second-order valence-corrected chi connectivity index (χ2v) is 8.58. The van der Waals surface area contributed by atoms with Gasteiger partial charge in [-0.3, -0.25) is 4.99 Å². The molecule has 0 saturated carbocycles. The Labute approximate surface area is 184 Å². The van der Waals surface area contributed by atoms with E-state index in [4.69, 9.17) is 4.99 Å². The molecule has 2 atom stereocenters. The van der Waals surface area contributed by atoms with Crippen LogP contribution < -0.4 is 5.32 Å². The molecular weight excluding hydrogens is 458 g/mol. The Hall–Kier alpha value is -3.65. The molecule has 2 aliphatic rings. The van der Waals surface area contributed by atoms with Gasteiger partial charge in [-0.2, -0.15) is 0 Å². The summed E-state index contributed by atoms with van der Waals surface area (Å²) in [7, 11) is 0. The lowest BCUT2D eigenvalue weighted by Crippen LogP contribution is -2.27. The summed E-state index contributed by atoms with van der Waals surface area (Å²) in [6, 6.07) is 16.4. The first-order valence-electron chi connectivity index (χ1n) is 9.72. The highest BCUT2D eigenvalue weighted by Gasteiger charge is 2.39. The molecule has 31 heavy (non-hydrogen) atoms. The van der Waals surface area contributed by atoms with Gasteiger partial charge in [-0.1, -0.05) is 28.1 Å². The molecular formula is C23H14BrN5O2. The number of aliphatic imine (C=N–C) groups is 1. The number of H-pyrrole nitrogens is 1. The molecule has 0 amide bonds. The van der Waals surface area contributed by atoms with E-state index in [1.165, 1.54) is 0 Å². The summed E-state index contributed by atoms with van der Waals surface area (Å²) in [5.74, 6) is 0.757. The first-order valence-corrected chi connectivity index (χ1v) is 10.5. The van der Waals surface area contributed by atoms with Crippen molar-refractivity contribution in [1.82, 2.24) is 10.3 Å². The predicted molar refractivity (Wildman–Crippen MR) is 124 cm³/mol. The Kier molecular flexibility index (Phi) is 3.91. The maximum Gasteiger partial charge on any atom is 0.131 e. The zero-order valence-electron chi connectivity index (χ0n) is 16.0. The van der Waals surface area contributed by atoms with E-state index >= 15 is 0 Å². The van der Waals surface area contributed by atoms with Crippen LogP contribution in [0.2, 0.25) is 0 Å². The van der Waals surface area contributed by atoms with E-state index in [9.17, 15) is 9.81 Å². The molecule has 150 valence electrons. The summed E-state index contributed by atoms with van der Waals surface area (Å²) in [5.41, 5.74) is 6.58. The maximum absolute atomic E-state index is 11.2. The van der Waals surface area contributed by atoms with Crippen LogP contribution in [0.4, 0.5) is 11.4 Å². The number of nitrogens with one attached hydrogen (secondary N) is 2. The Morgan fingerprint density at radius 3 is 2.29 bits per heavy atom. The number of hydrogen-bond donors (Lipinski definition) is 2. The van der Waals surface area contributed by atoms with Gasteiger partial charge in [0.25, 0.3) is 0 Å². The highest BCUT2D eigenvalue weighted by atomic mass is 79.9. The number of benzene rings is 3. The molecule has 2 N–H and O–H groups in total. The molecule has 6 rings (SSSR count). The van der Waals surface area contributed by atoms with Crippen molar-refractivity contribution in [3.05, 3.63) is 91.8 Å². The fourth-order valence-electron chi connectivity index (χ4n) is 4.62. The highest BCUT2D eigenvalue weighted by Crippen LogP contribution is 2.50. The summed E-state index contributed by atoms with van der Waals surface area (Å²) in [6.07, 6.45) is 1.94. The van der Waals surface area contributed by atoms with Crippen molar-refractivity contribution >= 4 is 44.0 Å². The lowest BCUT2D eigenvalue weighted by atomic mass is 9.79. The van der Waals surface area contributed by atoms with Gasteiger partial charge < -0.3 is 10.3 Å². The van der Waals surface area contributed by atoms with Crippen LogP contribution in [0.3, 0.4) is 0 Å². The molecule has 3 aromatic carbocycles. The van der Waals surface area contributed by atoms with Crippen molar-refractivity contribution in [2.45, 2.75) is 12.1 Å². The van der Waals surface area contributed by atoms with Gasteiger partial charge in [0.15, 0.2) is 0 Å². The number of halogens is 1. The van der Waals surface area contributed by atoms with Crippen LogP contribution in [0.25, 0.3) is 22.0 Å². The van der Waals surface area contributed by atoms with Gasteiger partial charge in [0.05, 0.1) is 6.04 Å². The number of aromatic amines is 1. The molecule has 0 radical (unpaired) electrons. The fourth-order valence-corrected chi connectivity index (χ4v) is 4.98. The number of aromatic nitrogens is 1. The summed E-state index contributed by atoms with van der Waals surface area (Å²) >= 11 is 3.54. The SMILES string of the molecule is O=Nc1ccc2c(c1)C1N=C(c3c[nH]c4ccc(Br)cc34)NC1c1cc(N=O)ccc1-2. The summed E-state index contributed by atoms with van der Waals surface area (Å²) in [4.78, 5) is 30.7. The molecule has 1 aliphatic carbocycles. The standard InChI is InChI=1S/C23H14BrN5O2/c24-11-1-6-20-16(7-11)19(10-25-20)23-26-21-17-8-12(28-30)2-4-14(17)15-5-3-13(29-31)9-18(15)22(21)27-23/h1-10,21-22,25H,(H,26,27). The van der Waals surface area contributed by atoms with Gasteiger partial charge in [-0.15, -0.1) is 9.81 Å². The monoisotopic (exact) mass is 471 g/mol. The van der Waals surface area contributed by atoms with Gasteiger partial charge in [0, 0.05) is 27.1 Å². The van der Waals surface area contributed by atoms with Gasteiger partial charge in [-0.25, -0.2) is 0 Å². The quantitative estimate of drug-likeness (QED) is 0.331. The van der Waals surface area contributed by atoms with E-state index in [2.05, 4.69) is 42.7 Å². The van der Waals surface area contributed by atoms with Crippen molar-refractivity contribution in [3.63, 3.8) is 0 Å². The molecule has 4 aromatic rings. The van der Waals surface area contributed by atoms with E-state index in [1.807, 2.05) is 36.5 Å². The summed E-state index contributed by atoms with van der Waals surface area (Å²) in [6.45, 7) is 0. The zero-order chi connectivity index (χ0) is 21.1. The van der Waals surface area contributed by atoms with Crippen molar-refractivity contribution in [1.29, 1.82) is 0 Å². The first-order chi connectivity index (χ1) is 15.2. The predicted octanol–water partition coefficient (Wildman–Crippen LogP) is 6.54. The van der Waals surface area contributed by atoms with E-state index in [0.29, 0.717) is 11.4 Å². The lowest BCUT2D eigenvalue weighted by molar-refractivity contribution is 0.566. The Morgan fingerprint density at radius 2 is 1.55 bits per heavy atom. The second kappa shape index (κ2) is 6.68. The van der Waals surface area contributed by atoms with E-state index < -0.39 is 0 Å². The van der Waals surface area contributed by atoms with Crippen LogP contribution in [-0.2, 0) is 0 Å². The van der Waals surface area contributed by atoms with Crippen LogP contribution in [0.1, 0.15) is 28.8 Å². The third-order valence-electron chi connectivity index (χ3n) is 6.00. The van der Waals surface area contributed by atoms with Crippen LogP contribution in [0, 0.1) is 9.81 Å². The van der Waals surface area contributed by atoms with Crippen molar-refractivity contribution in [2.75, 3.05) is 0 Å². The van der Waals surface area contributed by atoms with Crippen molar-refractivity contribution in [3.8, 4) is 11.1 Å². The Balaban J connectivity index is 1.56. The number of hydrogen-bond acceptors (Lipinski definition) is 6. The lowest BCUT2D eigenvalue weighted by Gasteiger charge is -2.29. The molecule has 0 saturated heterocycles. The normalized spacial score (nSPS) is 18.5. The largest absolute Gasteiger partial charge is 0.360 e. The number of fused-ring (bicyclic) bond motifs is 7. The molecule has 0 bridgehead atoms. The van der Waals surface area contributed by atoms with Crippen molar-refractivity contribution < 1.29 is 0 Å². The summed E-state index contributed by atoms with van der Waals surface area (Å²) in [5, 5.41) is 10.8. The van der Waals surface area contributed by atoms with E-state index in [1.54, 1.807) is 18.2 Å². The number of nitrogens with zero attached hydrogens (tertiary/aromatic N) is 3. The van der Waals surface area contributed by atoms with Gasteiger partial charge >= 0.3 is 0 Å². The highest BCUT2D eigenvalue weighted by molar-refractivity contribution is 9.10. The average Bonchev–Trinajstić information content (AvgIpc) is 3.42. The number of amidine groups is 1. The minimum Gasteiger partial charge on any atom is -0.360 e. The smallest absolute Gasteiger partial charge is 0.131 e. The fraction of sp³-hybridized carbons (Fsp3) is 0.0870. The van der Waals surface area contributed by atoms with Gasteiger partial charge in [0.2, 0.25) is 0 Å². The van der Waals surface area contributed by atoms with Gasteiger partial charge in [0.1, 0.15) is 23.3 Å². The molecule has 0 fully saturated rings. The molecule has 0 spiro atoms. The first kappa shape index (κ1) is 18.1. The van der Waals surface area contributed by atoms with Crippen molar-refractivity contribution in [2.24, 2.45) is 15.3 Å².